The molecule has 0 aromatic carbocycles. The molecule has 0 spiro atoms. The van der Waals surface area contributed by atoms with Crippen LogP contribution in [0.1, 0.15) is 99.3 Å². The molecule has 0 rings (SSSR count). The summed E-state index contributed by atoms with van der Waals surface area (Å²) in [7, 11) is -10.4. The molecule has 0 aromatic rings. The second kappa shape index (κ2) is 27.0. The van der Waals surface area contributed by atoms with Crippen molar-refractivity contribution < 1.29 is 41.9 Å². The Morgan fingerprint density at radius 3 is 0.824 bits per heavy atom. The summed E-state index contributed by atoms with van der Waals surface area (Å²) in [6, 6.07) is 0. The molecule has 0 N–H and O–H groups in total. The monoisotopic (exact) mass is 564 g/mol. The van der Waals surface area contributed by atoms with Crippen molar-refractivity contribution in [3.8, 4) is 0 Å². The first-order valence-electron chi connectivity index (χ1n) is 12.2. The summed E-state index contributed by atoms with van der Waals surface area (Å²) in [5.74, 6) is 0. The first-order valence-corrected chi connectivity index (χ1v) is 17.4. The van der Waals surface area contributed by atoms with E-state index in [0.29, 0.717) is 19.8 Å². The van der Waals surface area contributed by atoms with E-state index in [-0.39, 0.29) is 35.8 Å². The van der Waals surface area contributed by atoms with E-state index in [1.807, 2.05) is 0 Å². The smallest absolute Gasteiger partial charge is 0.779 e. The zero-order valence-corrected chi connectivity index (χ0v) is 26.0. The summed E-state index contributed by atoms with van der Waals surface area (Å²) in [6.45, 7) is 12.0. The summed E-state index contributed by atoms with van der Waals surface area (Å²) < 4.78 is 46.3. The Hall–Kier alpha value is 0.982. The maximum atomic E-state index is 10.8. The average Bonchev–Trinajstić information content (AvgIpc) is 2.78. The molecular weight excluding hydrogens is 516 g/mol. The van der Waals surface area contributed by atoms with Crippen molar-refractivity contribution in [2.75, 3.05) is 38.3 Å². The van der Waals surface area contributed by atoms with Gasteiger partial charge in [0.25, 0.3) is 0 Å². The fourth-order valence-electron chi connectivity index (χ4n) is 1.94. The van der Waals surface area contributed by atoms with Crippen molar-refractivity contribution in [1.82, 2.24) is 0 Å². The number of rotatable bonds is 18. The summed E-state index contributed by atoms with van der Waals surface area (Å²) in [5, 5.41) is 0. The maximum Gasteiger partial charge on any atom is 3.00 e. The van der Waals surface area contributed by atoms with E-state index < -0.39 is 22.8 Å². The largest absolute Gasteiger partial charge is 3.00 e. The first-order chi connectivity index (χ1) is 15.4. The predicted octanol–water partition coefficient (Wildman–Crippen LogP) is 4.92. The number of unbranched alkanes of at least 4 members (excludes halogenated alkanes) is 6. The van der Waals surface area contributed by atoms with Gasteiger partial charge in [-0.25, -0.2) is 0 Å². The molecule has 0 radical (unpaired) electrons. The third kappa shape index (κ3) is 35.1. The fourth-order valence-corrected chi connectivity index (χ4v) is 3.71. The molecule has 0 aliphatic rings. The Labute approximate surface area is 219 Å². The molecule has 34 heavy (non-hydrogen) atoms. The molecule has 0 heterocycles. The van der Waals surface area contributed by atoms with Gasteiger partial charge in [-0.1, -0.05) is 80.1 Å². The molecule has 0 aromatic heterocycles. The summed E-state index contributed by atoms with van der Waals surface area (Å²) in [4.78, 5) is 32.3. The number of hydrogen-bond donors (Lipinski definition) is 0. The molecule has 3 unspecified atom stereocenters. The van der Waals surface area contributed by atoms with Crippen molar-refractivity contribution in [3.63, 3.8) is 0 Å². The zero-order valence-electron chi connectivity index (χ0n) is 22.2. The van der Waals surface area contributed by atoms with Crippen LogP contribution in [0.3, 0.4) is 0 Å². The quantitative estimate of drug-likeness (QED) is 0.128. The van der Waals surface area contributed by atoms with Crippen LogP contribution in [-0.2, 0) is 27.3 Å². The minimum Gasteiger partial charge on any atom is -0.779 e. The van der Waals surface area contributed by atoms with E-state index in [9.17, 15) is 28.4 Å². The standard InChI is InChI=1S/3C7H17O3P.Al/c3*1-3-5-6-7-10-11(8,9)4-2;/h3*3-7H2,1-2H3,(H,8,9);/q;;;+3/p-3. The molecule has 9 nitrogen and oxygen atoms in total. The van der Waals surface area contributed by atoms with E-state index in [4.69, 9.17) is 0 Å². The molecule has 0 aliphatic heterocycles. The van der Waals surface area contributed by atoms with Crippen molar-refractivity contribution >= 4 is 40.1 Å². The van der Waals surface area contributed by atoms with Crippen molar-refractivity contribution in [1.29, 1.82) is 0 Å². The van der Waals surface area contributed by atoms with E-state index >= 15 is 0 Å². The Bertz CT molecular complexity index is 490. The molecule has 0 saturated carbocycles. The third-order valence-corrected chi connectivity index (χ3v) is 8.32. The van der Waals surface area contributed by atoms with Crippen LogP contribution in [0.15, 0.2) is 0 Å². The summed E-state index contributed by atoms with van der Waals surface area (Å²) >= 11 is 0. The van der Waals surface area contributed by atoms with Crippen LogP contribution in [-0.4, -0.2) is 55.7 Å². The normalized spacial score (nSPS) is 15.8. The van der Waals surface area contributed by atoms with Gasteiger partial charge in [-0.2, -0.15) is 0 Å². The van der Waals surface area contributed by atoms with Gasteiger partial charge in [-0.15, -0.1) is 0 Å². The summed E-state index contributed by atoms with van der Waals surface area (Å²) in [5.41, 5.74) is 0. The van der Waals surface area contributed by atoms with Crippen LogP contribution < -0.4 is 14.7 Å². The third-order valence-electron chi connectivity index (χ3n) is 4.27. The van der Waals surface area contributed by atoms with E-state index in [1.165, 1.54) is 0 Å². The van der Waals surface area contributed by atoms with Crippen LogP contribution in [0.4, 0.5) is 0 Å². The maximum absolute atomic E-state index is 10.8. The first kappa shape index (κ1) is 42.1. The second-order valence-electron chi connectivity index (χ2n) is 7.40. The van der Waals surface area contributed by atoms with Gasteiger partial charge in [0.15, 0.2) is 0 Å². The van der Waals surface area contributed by atoms with Gasteiger partial charge in [0.2, 0.25) is 0 Å². The molecule has 0 saturated heterocycles. The molecule has 0 aliphatic carbocycles. The van der Waals surface area contributed by atoms with Crippen LogP contribution in [0.2, 0.25) is 0 Å². The van der Waals surface area contributed by atoms with Gasteiger partial charge in [-0.3, -0.25) is 0 Å². The summed E-state index contributed by atoms with van der Waals surface area (Å²) in [6.07, 6.45) is 9.14. The van der Waals surface area contributed by atoms with Crippen molar-refractivity contribution in [2.24, 2.45) is 0 Å². The van der Waals surface area contributed by atoms with E-state index in [2.05, 4.69) is 34.3 Å². The van der Waals surface area contributed by atoms with Gasteiger partial charge >= 0.3 is 17.4 Å². The van der Waals surface area contributed by atoms with Crippen LogP contribution in [0, 0.1) is 0 Å². The average molecular weight is 565 g/mol. The van der Waals surface area contributed by atoms with Crippen molar-refractivity contribution in [2.45, 2.75) is 99.3 Å². The van der Waals surface area contributed by atoms with E-state index in [1.54, 1.807) is 20.8 Å². The Kier molecular flexibility index (Phi) is 33.5. The van der Waals surface area contributed by atoms with E-state index in [0.717, 1.165) is 57.8 Å². The topological polar surface area (TPSA) is 148 Å². The van der Waals surface area contributed by atoms with Gasteiger partial charge in [0.1, 0.15) is 22.8 Å². The fraction of sp³-hybridized carbons (Fsp3) is 1.00. The van der Waals surface area contributed by atoms with Gasteiger partial charge < -0.3 is 41.9 Å². The van der Waals surface area contributed by atoms with Crippen LogP contribution in [0.5, 0.6) is 0 Å². The zero-order chi connectivity index (χ0) is 26.2. The minimum atomic E-state index is -3.46. The molecular formula is C21H48AlO9P3. The van der Waals surface area contributed by atoms with Crippen LogP contribution in [0.25, 0.3) is 0 Å². The van der Waals surface area contributed by atoms with Crippen LogP contribution >= 0.6 is 22.8 Å². The molecule has 0 fully saturated rings. The molecule has 3 atom stereocenters. The molecule has 0 bridgehead atoms. The molecule has 0 amide bonds. The van der Waals surface area contributed by atoms with Gasteiger partial charge in [-0.05, 0) is 19.3 Å². The number of hydrogen-bond acceptors (Lipinski definition) is 9. The predicted molar refractivity (Wildman–Crippen MR) is 137 cm³/mol. The Balaban J connectivity index is -0.000000196. The Morgan fingerprint density at radius 1 is 0.471 bits per heavy atom. The van der Waals surface area contributed by atoms with Gasteiger partial charge in [0.05, 0.1) is 19.8 Å². The second-order valence-corrected chi connectivity index (χ2v) is 13.7. The van der Waals surface area contributed by atoms with Crippen molar-refractivity contribution in [3.05, 3.63) is 0 Å². The minimum absolute atomic E-state index is 0. The SMILES string of the molecule is CCCCCOP(=O)([O-])CC.CCCCCOP(=O)([O-])CC.CCCCCOP(=O)([O-])CC.[Al+3]. The van der Waals surface area contributed by atoms with Gasteiger partial charge in [0, 0.05) is 18.5 Å². The molecule has 13 heteroatoms. The Morgan fingerprint density at radius 2 is 0.676 bits per heavy atom. The molecule has 204 valence electrons.